The van der Waals surface area contributed by atoms with E-state index in [1.54, 1.807) is 12.4 Å². The highest BCUT2D eigenvalue weighted by atomic mass is 16.5. The van der Waals surface area contributed by atoms with E-state index in [4.69, 9.17) is 4.74 Å². The minimum atomic E-state index is 0.0203. The van der Waals surface area contributed by atoms with Crippen molar-refractivity contribution in [2.75, 3.05) is 6.61 Å². The molecule has 1 N–H and O–H groups in total. The van der Waals surface area contributed by atoms with Gasteiger partial charge in [-0.05, 0) is 37.5 Å². The molecule has 0 saturated carbocycles. The number of nitrogens with one attached hydrogen (secondary N) is 1. The second-order valence-electron chi connectivity index (χ2n) is 4.41. The monoisotopic (exact) mass is 234 g/mol. The maximum Gasteiger partial charge on any atom is 0.223 e. The van der Waals surface area contributed by atoms with Crippen molar-refractivity contribution in [2.45, 2.75) is 38.3 Å². The van der Waals surface area contributed by atoms with E-state index in [1.807, 2.05) is 19.1 Å². The van der Waals surface area contributed by atoms with Gasteiger partial charge in [-0.15, -0.1) is 0 Å². The SMILES string of the molecule is C[C@@H](NC(=O)C[C@@H]1CCCO1)c1ccncc1. The number of ether oxygens (including phenoxy) is 1. The zero-order chi connectivity index (χ0) is 12.1. The number of hydrogen-bond donors (Lipinski definition) is 1. The average molecular weight is 234 g/mol. The quantitative estimate of drug-likeness (QED) is 0.864. The van der Waals surface area contributed by atoms with E-state index in [2.05, 4.69) is 10.3 Å². The Morgan fingerprint density at radius 3 is 3.00 bits per heavy atom. The molecule has 0 unspecified atom stereocenters. The van der Waals surface area contributed by atoms with Crippen LogP contribution in [0.15, 0.2) is 24.5 Å². The lowest BCUT2D eigenvalue weighted by molar-refractivity contribution is -0.123. The molecule has 0 bridgehead atoms. The fourth-order valence-electron chi connectivity index (χ4n) is 2.05. The van der Waals surface area contributed by atoms with E-state index in [1.165, 1.54) is 0 Å². The number of carbonyl (C=O) groups excluding carboxylic acids is 1. The minimum Gasteiger partial charge on any atom is -0.378 e. The lowest BCUT2D eigenvalue weighted by Crippen LogP contribution is -2.29. The van der Waals surface area contributed by atoms with Crippen LogP contribution < -0.4 is 5.32 Å². The van der Waals surface area contributed by atoms with Crippen LogP contribution in [0.5, 0.6) is 0 Å². The van der Waals surface area contributed by atoms with Crippen molar-refractivity contribution in [3.05, 3.63) is 30.1 Å². The van der Waals surface area contributed by atoms with E-state index >= 15 is 0 Å². The molecule has 92 valence electrons. The Morgan fingerprint density at radius 2 is 2.35 bits per heavy atom. The molecule has 2 atom stereocenters. The summed E-state index contributed by atoms with van der Waals surface area (Å²) in [6.45, 7) is 2.76. The molecule has 1 saturated heterocycles. The van der Waals surface area contributed by atoms with Gasteiger partial charge in [0.05, 0.1) is 18.6 Å². The van der Waals surface area contributed by atoms with Gasteiger partial charge in [0.15, 0.2) is 0 Å². The first kappa shape index (κ1) is 12.0. The predicted octanol–water partition coefficient (Wildman–Crippen LogP) is 1.83. The molecule has 17 heavy (non-hydrogen) atoms. The molecule has 1 aromatic heterocycles. The van der Waals surface area contributed by atoms with Crippen LogP contribution >= 0.6 is 0 Å². The Kier molecular flexibility index (Phi) is 4.09. The Labute approximate surface area is 101 Å². The lowest BCUT2D eigenvalue weighted by atomic mass is 10.1. The fourth-order valence-corrected chi connectivity index (χ4v) is 2.05. The number of aromatic nitrogens is 1. The van der Waals surface area contributed by atoms with Gasteiger partial charge < -0.3 is 10.1 Å². The highest BCUT2D eigenvalue weighted by Crippen LogP contribution is 2.16. The van der Waals surface area contributed by atoms with Gasteiger partial charge >= 0.3 is 0 Å². The van der Waals surface area contributed by atoms with Crippen LogP contribution in [0.25, 0.3) is 0 Å². The van der Waals surface area contributed by atoms with E-state index in [0.717, 1.165) is 25.0 Å². The molecule has 0 aromatic carbocycles. The topological polar surface area (TPSA) is 51.2 Å². The fraction of sp³-hybridized carbons (Fsp3) is 0.538. The lowest BCUT2D eigenvalue weighted by Gasteiger charge is -2.15. The molecular weight excluding hydrogens is 216 g/mol. The van der Waals surface area contributed by atoms with Crippen LogP contribution in [0.4, 0.5) is 0 Å². The molecule has 0 radical (unpaired) electrons. The Bertz CT molecular complexity index is 361. The van der Waals surface area contributed by atoms with Gasteiger partial charge in [-0.25, -0.2) is 0 Å². The van der Waals surface area contributed by atoms with Gasteiger partial charge in [0.25, 0.3) is 0 Å². The summed E-state index contributed by atoms with van der Waals surface area (Å²) in [6, 6.07) is 3.85. The molecule has 1 fully saturated rings. The molecule has 1 aliphatic heterocycles. The maximum absolute atomic E-state index is 11.8. The number of carbonyl (C=O) groups is 1. The number of hydrogen-bond acceptors (Lipinski definition) is 3. The minimum absolute atomic E-state index is 0.0203. The third kappa shape index (κ3) is 3.53. The molecule has 4 nitrogen and oxygen atoms in total. The number of nitrogens with zero attached hydrogens (tertiary/aromatic N) is 1. The van der Waals surface area contributed by atoms with Crippen LogP contribution in [0.3, 0.4) is 0 Å². The third-order valence-electron chi connectivity index (χ3n) is 3.02. The molecule has 1 aromatic rings. The van der Waals surface area contributed by atoms with Gasteiger partial charge in [-0.2, -0.15) is 0 Å². The van der Waals surface area contributed by atoms with E-state index in [0.29, 0.717) is 6.42 Å². The summed E-state index contributed by atoms with van der Waals surface area (Å²) in [5.74, 6) is 0.0567. The summed E-state index contributed by atoms with van der Waals surface area (Å²) in [5, 5.41) is 2.98. The van der Waals surface area contributed by atoms with Crippen LogP contribution in [0.1, 0.15) is 37.8 Å². The van der Waals surface area contributed by atoms with Gasteiger partial charge in [-0.1, -0.05) is 0 Å². The number of pyridine rings is 1. The van der Waals surface area contributed by atoms with E-state index in [-0.39, 0.29) is 18.1 Å². The van der Waals surface area contributed by atoms with Crippen molar-refractivity contribution in [1.29, 1.82) is 0 Å². The first-order valence-electron chi connectivity index (χ1n) is 6.06. The van der Waals surface area contributed by atoms with Crippen LogP contribution in [-0.4, -0.2) is 23.6 Å². The van der Waals surface area contributed by atoms with Crippen molar-refractivity contribution in [2.24, 2.45) is 0 Å². The van der Waals surface area contributed by atoms with Gasteiger partial charge in [0.1, 0.15) is 0 Å². The highest BCUT2D eigenvalue weighted by molar-refractivity contribution is 5.76. The van der Waals surface area contributed by atoms with Gasteiger partial charge in [0.2, 0.25) is 5.91 Å². The van der Waals surface area contributed by atoms with Crippen LogP contribution in [-0.2, 0) is 9.53 Å². The molecule has 4 heteroatoms. The molecule has 1 aliphatic rings. The zero-order valence-corrected chi connectivity index (χ0v) is 10.1. The normalized spacial score (nSPS) is 21.1. The predicted molar refractivity (Wildman–Crippen MR) is 64.4 cm³/mol. The Hall–Kier alpha value is -1.42. The second-order valence-corrected chi connectivity index (χ2v) is 4.41. The summed E-state index contributed by atoms with van der Waals surface area (Å²) >= 11 is 0. The summed E-state index contributed by atoms with van der Waals surface area (Å²) in [7, 11) is 0. The number of amides is 1. The van der Waals surface area contributed by atoms with Crippen molar-refractivity contribution in [1.82, 2.24) is 10.3 Å². The molecular formula is C13H18N2O2. The van der Waals surface area contributed by atoms with Crippen molar-refractivity contribution in [3.8, 4) is 0 Å². The summed E-state index contributed by atoms with van der Waals surface area (Å²) in [4.78, 5) is 15.7. The highest BCUT2D eigenvalue weighted by Gasteiger charge is 2.20. The molecule has 2 heterocycles. The van der Waals surface area contributed by atoms with Crippen molar-refractivity contribution in [3.63, 3.8) is 0 Å². The maximum atomic E-state index is 11.8. The molecule has 0 aliphatic carbocycles. The summed E-state index contributed by atoms with van der Waals surface area (Å²) in [6.07, 6.45) is 6.11. The summed E-state index contributed by atoms with van der Waals surface area (Å²) in [5.41, 5.74) is 1.07. The number of rotatable bonds is 4. The van der Waals surface area contributed by atoms with Crippen LogP contribution in [0, 0.1) is 0 Å². The largest absolute Gasteiger partial charge is 0.378 e. The smallest absolute Gasteiger partial charge is 0.223 e. The standard InChI is InChI=1S/C13H18N2O2/c1-10(11-4-6-14-7-5-11)15-13(16)9-12-3-2-8-17-12/h4-7,10,12H,2-3,8-9H2,1H3,(H,15,16)/t10-,12+/m1/s1. The van der Waals surface area contributed by atoms with Crippen molar-refractivity contribution < 1.29 is 9.53 Å². The Morgan fingerprint density at radius 1 is 1.59 bits per heavy atom. The second kappa shape index (κ2) is 5.77. The van der Waals surface area contributed by atoms with E-state index in [9.17, 15) is 4.79 Å². The van der Waals surface area contributed by atoms with E-state index < -0.39 is 0 Å². The van der Waals surface area contributed by atoms with Crippen LogP contribution in [0.2, 0.25) is 0 Å². The third-order valence-corrected chi connectivity index (χ3v) is 3.02. The first-order valence-corrected chi connectivity index (χ1v) is 6.06. The first-order chi connectivity index (χ1) is 8.25. The molecule has 1 amide bonds. The van der Waals surface area contributed by atoms with Gasteiger partial charge in [-0.3, -0.25) is 9.78 Å². The summed E-state index contributed by atoms with van der Waals surface area (Å²) < 4.78 is 5.44. The zero-order valence-electron chi connectivity index (χ0n) is 10.1. The average Bonchev–Trinajstić information content (AvgIpc) is 2.82. The van der Waals surface area contributed by atoms with Crippen molar-refractivity contribution >= 4 is 5.91 Å². The molecule has 2 rings (SSSR count). The Balaban J connectivity index is 1.81. The molecule has 0 spiro atoms. The van der Waals surface area contributed by atoms with Gasteiger partial charge in [0, 0.05) is 19.0 Å².